The molecule has 1 aliphatic heterocycles. The molecule has 0 aromatic heterocycles. The van der Waals surface area contributed by atoms with Crippen LogP contribution < -0.4 is 5.73 Å². The van der Waals surface area contributed by atoms with Crippen LogP contribution in [-0.4, -0.2) is 29.4 Å². The molecule has 0 radical (unpaired) electrons. The molecule has 0 bridgehead atoms. The number of carbonyl (C=O) groups is 1. The normalized spacial score (nSPS) is 25.9. The molecular weight excluding hydrogens is 152 g/mol. The molecule has 1 heterocycles. The third-order valence-corrected chi connectivity index (χ3v) is 2.67. The van der Waals surface area contributed by atoms with E-state index in [9.17, 15) is 4.79 Å². The SMILES string of the molecule is CCC(N)C1CCCN1C(C)=O. The molecule has 0 aliphatic carbocycles. The molecule has 1 fully saturated rings. The predicted molar refractivity (Wildman–Crippen MR) is 48.7 cm³/mol. The lowest BCUT2D eigenvalue weighted by Gasteiger charge is -2.27. The third kappa shape index (κ3) is 1.78. The Bertz CT molecular complexity index is 170. The van der Waals surface area contributed by atoms with Crippen LogP contribution in [0.25, 0.3) is 0 Å². The first-order chi connectivity index (χ1) is 5.66. The summed E-state index contributed by atoms with van der Waals surface area (Å²) in [5, 5.41) is 0. The van der Waals surface area contributed by atoms with Crippen molar-refractivity contribution in [2.24, 2.45) is 5.73 Å². The monoisotopic (exact) mass is 170 g/mol. The van der Waals surface area contributed by atoms with E-state index in [4.69, 9.17) is 5.73 Å². The molecule has 1 rings (SSSR count). The summed E-state index contributed by atoms with van der Waals surface area (Å²) in [5.74, 6) is 0.168. The summed E-state index contributed by atoms with van der Waals surface area (Å²) < 4.78 is 0. The van der Waals surface area contributed by atoms with E-state index in [0.717, 1.165) is 25.8 Å². The Kier molecular flexibility index (Phi) is 3.09. The molecule has 1 saturated heterocycles. The van der Waals surface area contributed by atoms with E-state index in [1.807, 2.05) is 4.90 Å². The summed E-state index contributed by atoms with van der Waals surface area (Å²) in [4.78, 5) is 13.1. The second kappa shape index (κ2) is 3.90. The van der Waals surface area contributed by atoms with E-state index in [-0.39, 0.29) is 11.9 Å². The maximum absolute atomic E-state index is 11.1. The van der Waals surface area contributed by atoms with E-state index in [2.05, 4.69) is 6.92 Å². The molecule has 2 unspecified atom stereocenters. The van der Waals surface area contributed by atoms with Gasteiger partial charge in [-0.15, -0.1) is 0 Å². The predicted octanol–water partition coefficient (Wildman–Crippen LogP) is 0.735. The molecule has 0 saturated carbocycles. The Balaban J connectivity index is 2.57. The topological polar surface area (TPSA) is 46.3 Å². The van der Waals surface area contributed by atoms with E-state index >= 15 is 0 Å². The zero-order valence-electron chi connectivity index (χ0n) is 7.92. The maximum Gasteiger partial charge on any atom is 0.219 e. The van der Waals surface area contributed by atoms with Crippen LogP contribution in [-0.2, 0) is 4.79 Å². The Morgan fingerprint density at radius 3 is 2.92 bits per heavy atom. The first-order valence-electron chi connectivity index (χ1n) is 4.69. The highest BCUT2D eigenvalue weighted by Crippen LogP contribution is 2.20. The van der Waals surface area contributed by atoms with Gasteiger partial charge < -0.3 is 10.6 Å². The van der Waals surface area contributed by atoms with Gasteiger partial charge >= 0.3 is 0 Å². The van der Waals surface area contributed by atoms with E-state index in [0.29, 0.717) is 6.04 Å². The number of rotatable bonds is 2. The van der Waals surface area contributed by atoms with Crippen LogP contribution in [0.15, 0.2) is 0 Å². The molecule has 1 amide bonds. The number of amides is 1. The van der Waals surface area contributed by atoms with Gasteiger partial charge in [-0.3, -0.25) is 4.79 Å². The molecule has 2 N–H and O–H groups in total. The highest BCUT2D eigenvalue weighted by atomic mass is 16.2. The van der Waals surface area contributed by atoms with Gasteiger partial charge in [0, 0.05) is 25.6 Å². The molecule has 1 aliphatic rings. The van der Waals surface area contributed by atoms with Gasteiger partial charge in [0.25, 0.3) is 0 Å². The summed E-state index contributed by atoms with van der Waals surface area (Å²) in [5.41, 5.74) is 5.91. The summed E-state index contributed by atoms with van der Waals surface area (Å²) in [7, 11) is 0. The average Bonchev–Trinajstić information content (AvgIpc) is 2.50. The summed E-state index contributed by atoms with van der Waals surface area (Å²) in [6.45, 7) is 4.59. The smallest absolute Gasteiger partial charge is 0.219 e. The second-order valence-corrected chi connectivity index (χ2v) is 3.49. The molecule has 0 spiro atoms. The molecule has 2 atom stereocenters. The van der Waals surface area contributed by atoms with Crippen LogP contribution in [0, 0.1) is 0 Å². The number of hydrogen-bond acceptors (Lipinski definition) is 2. The van der Waals surface area contributed by atoms with Crippen LogP contribution in [0.5, 0.6) is 0 Å². The van der Waals surface area contributed by atoms with Crippen molar-refractivity contribution in [1.82, 2.24) is 4.90 Å². The molecule has 70 valence electrons. The van der Waals surface area contributed by atoms with Crippen LogP contribution >= 0.6 is 0 Å². The minimum atomic E-state index is 0.163. The lowest BCUT2D eigenvalue weighted by molar-refractivity contribution is -0.129. The fraction of sp³-hybridized carbons (Fsp3) is 0.889. The second-order valence-electron chi connectivity index (χ2n) is 3.49. The highest BCUT2D eigenvalue weighted by Gasteiger charge is 2.29. The molecule has 0 aromatic rings. The zero-order valence-corrected chi connectivity index (χ0v) is 7.92. The molecule has 3 nitrogen and oxygen atoms in total. The first-order valence-corrected chi connectivity index (χ1v) is 4.69. The largest absolute Gasteiger partial charge is 0.338 e. The van der Waals surface area contributed by atoms with Crippen LogP contribution in [0.4, 0.5) is 0 Å². The Labute approximate surface area is 73.9 Å². The number of carbonyl (C=O) groups excluding carboxylic acids is 1. The van der Waals surface area contributed by atoms with Gasteiger partial charge in [0.2, 0.25) is 5.91 Å². The highest BCUT2D eigenvalue weighted by molar-refractivity contribution is 5.74. The molecular formula is C9H18N2O. The first kappa shape index (κ1) is 9.52. The van der Waals surface area contributed by atoms with Gasteiger partial charge in [0.05, 0.1) is 0 Å². The van der Waals surface area contributed by atoms with Crippen molar-refractivity contribution in [2.75, 3.05) is 6.54 Å². The standard InChI is InChI=1S/C9H18N2O/c1-3-8(10)9-5-4-6-11(9)7(2)12/h8-9H,3-6,10H2,1-2H3. The lowest BCUT2D eigenvalue weighted by atomic mass is 10.0. The summed E-state index contributed by atoms with van der Waals surface area (Å²) >= 11 is 0. The van der Waals surface area contributed by atoms with E-state index in [1.165, 1.54) is 0 Å². The van der Waals surface area contributed by atoms with Crippen molar-refractivity contribution in [3.8, 4) is 0 Å². The zero-order chi connectivity index (χ0) is 9.14. The molecule has 0 aromatic carbocycles. The van der Waals surface area contributed by atoms with Crippen molar-refractivity contribution in [2.45, 2.75) is 45.2 Å². The van der Waals surface area contributed by atoms with Crippen LogP contribution in [0.2, 0.25) is 0 Å². The fourth-order valence-electron chi connectivity index (χ4n) is 1.90. The number of hydrogen-bond donors (Lipinski definition) is 1. The molecule has 3 heteroatoms. The molecule has 12 heavy (non-hydrogen) atoms. The van der Waals surface area contributed by atoms with Crippen LogP contribution in [0.3, 0.4) is 0 Å². The Hall–Kier alpha value is -0.570. The fourth-order valence-corrected chi connectivity index (χ4v) is 1.90. The van der Waals surface area contributed by atoms with Crippen LogP contribution in [0.1, 0.15) is 33.1 Å². The number of nitrogens with zero attached hydrogens (tertiary/aromatic N) is 1. The van der Waals surface area contributed by atoms with Gasteiger partial charge in [-0.05, 0) is 19.3 Å². The Morgan fingerprint density at radius 1 is 1.75 bits per heavy atom. The average molecular weight is 170 g/mol. The van der Waals surface area contributed by atoms with Gasteiger partial charge in [0.1, 0.15) is 0 Å². The van der Waals surface area contributed by atoms with E-state index in [1.54, 1.807) is 6.92 Å². The van der Waals surface area contributed by atoms with Crippen molar-refractivity contribution >= 4 is 5.91 Å². The van der Waals surface area contributed by atoms with Crippen molar-refractivity contribution < 1.29 is 4.79 Å². The van der Waals surface area contributed by atoms with Gasteiger partial charge in [0.15, 0.2) is 0 Å². The minimum absolute atomic E-state index is 0.163. The van der Waals surface area contributed by atoms with Gasteiger partial charge in [-0.2, -0.15) is 0 Å². The number of nitrogens with two attached hydrogens (primary N) is 1. The quantitative estimate of drug-likeness (QED) is 0.664. The van der Waals surface area contributed by atoms with E-state index < -0.39 is 0 Å². The summed E-state index contributed by atoms with van der Waals surface area (Å²) in [6, 6.07) is 0.462. The number of likely N-dealkylation sites (tertiary alicyclic amines) is 1. The summed E-state index contributed by atoms with van der Waals surface area (Å²) in [6.07, 6.45) is 3.14. The van der Waals surface area contributed by atoms with Gasteiger partial charge in [-0.1, -0.05) is 6.92 Å². The maximum atomic E-state index is 11.1. The van der Waals surface area contributed by atoms with Gasteiger partial charge in [-0.25, -0.2) is 0 Å². The van der Waals surface area contributed by atoms with Crippen molar-refractivity contribution in [3.63, 3.8) is 0 Å². The van der Waals surface area contributed by atoms with Crippen molar-refractivity contribution in [3.05, 3.63) is 0 Å². The third-order valence-electron chi connectivity index (χ3n) is 2.67. The lowest BCUT2D eigenvalue weighted by Crippen LogP contribution is -2.45. The Morgan fingerprint density at radius 2 is 2.42 bits per heavy atom. The minimum Gasteiger partial charge on any atom is -0.338 e. The van der Waals surface area contributed by atoms with Crippen molar-refractivity contribution in [1.29, 1.82) is 0 Å².